The lowest BCUT2D eigenvalue weighted by atomic mass is 9.81. The van der Waals surface area contributed by atoms with E-state index in [2.05, 4.69) is 0 Å². The second-order valence-electron chi connectivity index (χ2n) is 10.8. The summed E-state index contributed by atoms with van der Waals surface area (Å²) in [6.07, 6.45) is 5.57. The van der Waals surface area contributed by atoms with Crippen molar-refractivity contribution in [2.45, 2.75) is 122 Å². The van der Waals surface area contributed by atoms with Gasteiger partial charge in [0.15, 0.2) is 0 Å². The molecule has 7 nitrogen and oxygen atoms in total. The van der Waals surface area contributed by atoms with Crippen LogP contribution in [0.5, 0.6) is 0 Å². The summed E-state index contributed by atoms with van der Waals surface area (Å²) >= 11 is 0. The molecular weight excluding hydrogens is 386 g/mol. The van der Waals surface area contributed by atoms with Crippen LogP contribution in [0, 0.1) is 11.8 Å². The van der Waals surface area contributed by atoms with Gasteiger partial charge in [-0.05, 0) is 60.3 Å². The van der Waals surface area contributed by atoms with Gasteiger partial charge < -0.3 is 19.3 Å². The van der Waals surface area contributed by atoms with Crippen molar-refractivity contribution in [3.63, 3.8) is 0 Å². The standard InChI is InChI=1S/C23H39NO6/c1-14-12-16(20(25)26)18(28-14)19-17(13-15-10-8-7-9-11-15)24(23(5,6)29-19)21(27)30-22(2,3)4/h14-19H,7-13H2,1-6H3,(H,25,26)/t14-,16+,17-,18+,19+/m0/s1. The molecule has 30 heavy (non-hydrogen) atoms. The van der Waals surface area contributed by atoms with Crippen molar-refractivity contribution < 1.29 is 28.9 Å². The van der Waals surface area contributed by atoms with Gasteiger partial charge in [0.25, 0.3) is 0 Å². The summed E-state index contributed by atoms with van der Waals surface area (Å²) < 4.78 is 18.2. The van der Waals surface area contributed by atoms with Crippen LogP contribution >= 0.6 is 0 Å². The van der Waals surface area contributed by atoms with E-state index in [1.54, 1.807) is 4.90 Å². The van der Waals surface area contributed by atoms with Crippen molar-refractivity contribution in [2.24, 2.45) is 11.8 Å². The Hall–Kier alpha value is -1.34. The number of carbonyl (C=O) groups is 2. The predicted octanol–water partition coefficient (Wildman–Crippen LogP) is 4.58. The minimum absolute atomic E-state index is 0.145. The number of rotatable bonds is 4. The molecule has 172 valence electrons. The van der Waals surface area contributed by atoms with Crippen LogP contribution in [0.2, 0.25) is 0 Å². The van der Waals surface area contributed by atoms with Crippen LogP contribution in [0.3, 0.4) is 0 Å². The van der Waals surface area contributed by atoms with Gasteiger partial charge in [0.1, 0.15) is 17.4 Å². The summed E-state index contributed by atoms with van der Waals surface area (Å²) in [6.45, 7) is 11.2. The average Bonchev–Trinajstić information content (AvgIpc) is 3.11. The molecule has 2 heterocycles. The molecule has 0 aromatic rings. The van der Waals surface area contributed by atoms with Gasteiger partial charge in [0, 0.05) is 0 Å². The van der Waals surface area contributed by atoms with Crippen LogP contribution in [0.25, 0.3) is 0 Å². The Morgan fingerprint density at radius 3 is 2.33 bits per heavy atom. The number of carboxylic acid groups (broad SMARTS) is 1. The minimum atomic E-state index is -0.898. The van der Waals surface area contributed by atoms with E-state index in [0.29, 0.717) is 12.3 Å². The Labute approximate surface area is 180 Å². The predicted molar refractivity (Wildman–Crippen MR) is 112 cm³/mol. The molecule has 2 saturated heterocycles. The van der Waals surface area contributed by atoms with E-state index in [9.17, 15) is 14.7 Å². The maximum atomic E-state index is 13.2. The molecule has 7 heteroatoms. The van der Waals surface area contributed by atoms with Gasteiger partial charge >= 0.3 is 12.1 Å². The van der Waals surface area contributed by atoms with Crippen LogP contribution in [-0.4, -0.2) is 57.7 Å². The van der Waals surface area contributed by atoms with Crippen LogP contribution in [0.4, 0.5) is 4.79 Å². The van der Waals surface area contributed by atoms with Gasteiger partial charge in [-0.1, -0.05) is 32.1 Å². The molecule has 1 amide bonds. The van der Waals surface area contributed by atoms with Crippen molar-refractivity contribution in [3.8, 4) is 0 Å². The average molecular weight is 426 g/mol. The molecule has 1 N–H and O–H groups in total. The fourth-order valence-corrected chi connectivity index (χ4v) is 5.43. The Balaban J connectivity index is 1.91. The summed E-state index contributed by atoms with van der Waals surface area (Å²) in [4.78, 5) is 26.9. The molecular formula is C23H39NO6. The van der Waals surface area contributed by atoms with Crippen LogP contribution < -0.4 is 0 Å². The van der Waals surface area contributed by atoms with E-state index in [0.717, 1.165) is 19.3 Å². The summed E-state index contributed by atoms with van der Waals surface area (Å²) in [7, 11) is 0. The zero-order valence-corrected chi connectivity index (χ0v) is 19.3. The third-order valence-electron chi connectivity index (χ3n) is 6.62. The van der Waals surface area contributed by atoms with Gasteiger partial charge in [0.2, 0.25) is 0 Å². The normalized spacial score (nSPS) is 34.9. The number of amides is 1. The SMILES string of the molecule is C[C@H]1C[C@@H](C(=O)O)[C@H]([C@@H]2OC(C)(C)N(C(=O)OC(C)(C)C)[C@H]2CC2CCCCC2)O1. The highest BCUT2D eigenvalue weighted by Crippen LogP contribution is 2.44. The minimum Gasteiger partial charge on any atom is -0.481 e. The topological polar surface area (TPSA) is 85.3 Å². The lowest BCUT2D eigenvalue weighted by Gasteiger charge is -2.37. The summed E-state index contributed by atoms with van der Waals surface area (Å²) in [5, 5.41) is 9.79. The molecule has 0 spiro atoms. The highest BCUT2D eigenvalue weighted by Gasteiger charge is 2.57. The Kier molecular flexibility index (Phi) is 6.73. The zero-order valence-electron chi connectivity index (χ0n) is 19.3. The third-order valence-corrected chi connectivity index (χ3v) is 6.62. The van der Waals surface area contributed by atoms with Crippen molar-refractivity contribution in [3.05, 3.63) is 0 Å². The first kappa shape index (κ1) is 23.3. The van der Waals surface area contributed by atoms with Gasteiger partial charge in [-0.2, -0.15) is 0 Å². The molecule has 5 atom stereocenters. The number of carboxylic acids is 1. The lowest BCUT2D eigenvalue weighted by molar-refractivity contribution is -0.151. The first-order valence-electron chi connectivity index (χ1n) is 11.5. The first-order valence-corrected chi connectivity index (χ1v) is 11.5. The van der Waals surface area contributed by atoms with E-state index in [-0.39, 0.29) is 12.1 Å². The largest absolute Gasteiger partial charge is 0.481 e. The fourth-order valence-electron chi connectivity index (χ4n) is 5.43. The summed E-state index contributed by atoms with van der Waals surface area (Å²) in [5.74, 6) is -0.998. The zero-order chi connectivity index (χ0) is 22.3. The van der Waals surface area contributed by atoms with E-state index in [1.807, 2.05) is 41.5 Å². The number of carbonyl (C=O) groups excluding carboxylic acids is 1. The van der Waals surface area contributed by atoms with Gasteiger partial charge in [-0.25, -0.2) is 4.79 Å². The molecule has 2 aliphatic heterocycles. The smallest absolute Gasteiger partial charge is 0.412 e. The van der Waals surface area contributed by atoms with Crippen molar-refractivity contribution in [2.75, 3.05) is 0 Å². The van der Waals surface area contributed by atoms with Crippen LogP contribution in [-0.2, 0) is 19.0 Å². The van der Waals surface area contributed by atoms with E-state index >= 15 is 0 Å². The maximum absolute atomic E-state index is 13.2. The Morgan fingerprint density at radius 2 is 1.77 bits per heavy atom. The van der Waals surface area contributed by atoms with Crippen LogP contribution in [0.15, 0.2) is 0 Å². The molecule has 3 rings (SSSR count). The Morgan fingerprint density at radius 1 is 1.13 bits per heavy atom. The third kappa shape index (κ3) is 5.10. The fraction of sp³-hybridized carbons (Fsp3) is 0.913. The van der Waals surface area contributed by atoms with E-state index in [4.69, 9.17) is 14.2 Å². The number of aliphatic carboxylic acids is 1. The molecule has 0 aromatic carbocycles. The number of ether oxygens (including phenoxy) is 3. The summed E-state index contributed by atoms with van der Waals surface area (Å²) in [6, 6.07) is -0.268. The van der Waals surface area contributed by atoms with E-state index in [1.165, 1.54) is 19.3 Å². The number of hydrogen-bond acceptors (Lipinski definition) is 5. The Bertz CT molecular complexity index is 636. The quantitative estimate of drug-likeness (QED) is 0.710. The molecule has 1 aliphatic carbocycles. The highest BCUT2D eigenvalue weighted by atomic mass is 16.6. The monoisotopic (exact) mass is 425 g/mol. The van der Waals surface area contributed by atoms with Gasteiger partial charge in [-0.3, -0.25) is 9.69 Å². The van der Waals surface area contributed by atoms with Crippen molar-refractivity contribution >= 4 is 12.1 Å². The van der Waals surface area contributed by atoms with Crippen LogP contribution in [0.1, 0.15) is 86.5 Å². The summed E-state index contributed by atoms with van der Waals surface area (Å²) in [5.41, 5.74) is -1.52. The van der Waals surface area contributed by atoms with E-state index < -0.39 is 41.5 Å². The van der Waals surface area contributed by atoms with Gasteiger partial charge in [0.05, 0.1) is 24.2 Å². The molecule has 0 bridgehead atoms. The first-order chi connectivity index (χ1) is 13.9. The van der Waals surface area contributed by atoms with Crippen molar-refractivity contribution in [1.82, 2.24) is 4.90 Å². The second kappa shape index (κ2) is 8.65. The number of nitrogens with zero attached hydrogens (tertiary/aromatic N) is 1. The molecule has 3 aliphatic rings. The maximum Gasteiger partial charge on any atom is 0.412 e. The lowest BCUT2D eigenvalue weighted by Crippen LogP contribution is -2.52. The molecule has 0 unspecified atom stereocenters. The van der Waals surface area contributed by atoms with Crippen molar-refractivity contribution in [1.29, 1.82) is 0 Å². The molecule has 1 saturated carbocycles. The molecule has 0 aromatic heterocycles. The molecule has 3 fully saturated rings. The number of hydrogen-bond donors (Lipinski definition) is 1. The second-order valence-corrected chi connectivity index (χ2v) is 10.8. The molecule has 0 radical (unpaired) electrons. The highest BCUT2D eigenvalue weighted by molar-refractivity contribution is 5.72. The van der Waals surface area contributed by atoms with Gasteiger partial charge in [-0.15, -0.1) is 0 Å².